The van der Waals surface area contributed by atoms with Crippen LogP contribution in [0.2, 0.25) is 0 Å². The second-order valence-electron chi connectivity index (χ2n) is 5.20. The molecule has 1 atom stereocenters. The van der Waals surface area contributed by atoms with Gasteiger partial charge in [0.25, 0.3) is 5.91 Å². The number of benzene rings is 1. The largest absolute Gasteiger partial charge is 0.352 e. The molecular formula is C13H15BrFNO. The van der Waals surface area contributed by atoms with Crippen molar-refractivity contribution in [2.75, 3.05) is 6.54 Å². The first-order valence-electron chi connectivity index (χ1n) is 5.64. The van der Waals surface area contributed by atoms with Crippen LogP contribution in [0.3, 0.4) is 0 Å². The van der Waals surface area contributed by atoms with Gasteiger partial charge in [0, 0.05) is 11.0 Å². The van der Waals surface area contributed by atoms with Crippen molar-refractivity contribution in [1.82, 2.24) is 5.32 Å². The summed E-state index contributed by atoms with van der Waals surface area (Å²) < 4.78 is 14.0. The van der Waals surface area contributed by atoms with Crippen LogP contribution in [0, 0.1) is 17.2 Å². The smallest absolute Gasteiger partial charge is 0.255 e. The third kappa shape index (κ3) is 2.68. The Labute approximate surface area is 109 Å². The normalized spacial score (nSPS) is 21.1. The van der Waals surface area contributed by atoms with Gasteiger partial charge >= 0.3 is 0 Å². The van der Waals surface area contributed by atoms with Crippen molar-refractivity contribution in [2.45, 2.75) is 20.3 Å². The summed E-state index contributed by atoms with van der Waals surface area (Å²) in [5, 5.41) is 2.79. The molecule has 0 aliphatic heterocycles. The van der Waals surface area contributed by atoms with Gasteiger partial charge in [-0.25, -0.2) is 4.39 Å². The lowest BCUT2D eigenvalue weighted by molar-refractivity contribution is 0.0945. The lowest BCUT2D eigenvalue weighted by atomic mass is 10.1. The number of halogens is 2. The van der Waals surface area contributed by atoms with E-state index in [9.17, 15) is 9.18 Å². The van der Waals surface area contributed by atoms with Gasteiger partial charge in [0.05, 0.1) is 5.56 Å². The molecule has 0 spiro atoms. The maximum atomic E-state index is 13.5. The summed E-state index contributed by atoms with van der Waals surface area (Å²) >= 11 is 3.19. The fourth-order valence-corrected chi connectivity index (χ4v) is 2.47. The van der Waals surface area contributed by atoms with Crippen molar-refractivity contribution in [1.29, 1.82) is 0 Å². The van der Waals surface area contributed by atoms with Crippen molar-refractivity contribution in [3.05, 3.63) is 34.1 Å². The molecule has 0 saturated heterocycles. The van der Waals surface area contributed by atoms with Crippen LogP contribution in [0.15, 0.2) is 22.7 Å². The molecule has 1 amide bonds. The molecule has 4 heteroatoms. The molecule has 0 aromatic heterocycles. The molecule has 0 radical (unpaired) electrons. The SMILES string of the molecule is CC1(C)CC1CNC(=O)c1c(F)cccc1Br. The molecule has 17 heavy (non-hydrogen) atoms. The summed E-state index contributed by atoms with van der Waals surface area (Å²) in [6.07, 6.45) is 1.12. The van der Waals surface area contributed by atoms with Crippen LogP contribution < -0.4 is 5.32 Å². The van der Waals surface area contributed by atoms with E-state index in [2.05, 4.69) is 35.1 Å². The molecule has 1 aromatic rings. The molecule has 0 bridgehead atoms. The molecule has 1 saturated carbocycles. The molecule has 2 nitrogen and oxygen atoms in total. The maximum Gasteiger partial charge on any atom is 0.255 e. The number of amides is 1. The summed E-state index contributed by atoms with van der Waals surface area (Å²) in [4.78, 5) is 11.8. The molecule has 92 valence electrons. The monoisotopic (exact) mass is 299 g/mol. The molecule has 2 rings (SSSR count). The first-order valence-corrected chi connectivity index (χ1v) is 6.43. The highest BCUT2D eigenvalue weighted by Crippen LogP contribution is 2.51. The van der Waals surface area contributed by atoms with Gasteiger partial charge in [0.2, 0.25) is 0 Å². The number of nitrogens with one attached hydrogen (secondary N) is 1. The van der Waals surface area contributed by atoms with E-state index in [1.807, 2.05) is 0 Å². The van der Waals surface area contributed by atoms with Crippen molar-refractivity contribution < 1.29 is 9.18 Å². The number of carbonyl (C=O) groups excluding carboxylic acids is 1. The topological polar surface area (TPSA) is 29.1 Å². The second kappa shape index (κ2) is 4.41. The molecule has 1 N–H and O–H groups in total. The van der Waals surface area contributed by atoms with Crippen LogP contribution in [-0.4, -0.2) is 12.5 Å². The summed E-state index contributed by atoms with van der Waals surface area (Å²) in [6.45, 7) is 4.96. The maximum absolute atomic E-state index is 13.5. The molecule has 1 aromatic carbocycles. The number of carbonyl (C=O) groups is 1. The van der Waals surface area contributed by atoms with Gasteiger partial charge in [0.1, 0.15) is 5.82 Å². The summed E-state index contributed by atoms with van der Waals surface area (Å²) in [7, 11) is 0. The van der Waals surface area contributed by atoms with E-state index in [0.29, 0.717) is 22.4 Å². The van der Waals surface area contributed by atoms with E-state index < -0.39 is 5.82 Å². The zero-order valence-electron chi connectivity index (χ0n) is 9.89. The minimum Gasteiger partial charge on any atom is -0.352 e. The lowest BCUT2D eigenvalue weighted by Crippen LogP contribution is -2.27. The standard InChI is InChI=1S/C13H15BrFNO/c1-13(2)6-8(13)7-16-12(17)11-9(14)4-3-5-10(11)15/h3-5,8H,6-7H2,1-2H3,(H,16,17). The predicted octanol–water partition coefficient (Wildman–Crippen LogP) is 3.36. The van der Waals surface area contributed by atoms with E-state index in [-0.39, 0.29) is 11.5 Å². The van der Waals surface area contributed by atoms with E-state index in [1.165, 1.54) is 6.07 Å². The Kier molecular flexibility index (Phi) is 3.25. The third-order valence-electron chi connectivity index (χ3n) is 3.42. The average Bonchev–Trinajstić information content (AvgIpc) is 2.83. The summed E-state index contributed by atoms with van der Waals surface area (Å²) in [5.41, 5.74) is 0.408. The Morgan fingerprint density at radius 2 is 2.24 bits per heavy atom. The summed E-state index contributed by atoms with van der Waals surface area (Å²) in [6, 6.07) is 4.53. The van der Waals surface area contributed by atoms with E-state index in [4.69, 9.17) is 0 Å². The molecule has 1 fully saturated rings. The number of rotatable bonds is 3. The zero-order chi connectivity index (χ0) is 12.6. The molecule has 1 unspecified atom stereocenters. The number of hydrogen-bond donors (Lipinski definition) is 1. The first-order chi connectivity index (χ1) is 7.92. The molecule has 1 aliphatic carbocycles. The van der Waals surface area contributed by atoms with E-state index in [0.717, 1.165) is 6.42 Å². The van der Waals surface area contributed by atoms with Crippen LogP contribution in [0.1, 0.15) is 30.6 Å². The average molecular weight is 300 g/mol. The molecular weight excluding hydrogens is 285 g/mol. The van der Waals surface area contributed by atoms with Gasteiger partial charge in [-0.3, -0.25) is 4.79 Å². The predicted molar refractivity (Wildman–Crippen MR) is 68.3 cm³/mol. The molecule has 1 aliphatic rings. The highest BCUT2D eigenvalue weighted by atomic mass is 79.9. The van der Waals surface area contributed by atoms with Crippen LogP contribution in [0.25, 0.3) is 0 Å². The van der Waals surface area contributed by atoms with Crippen LogP contribution >= 0.6 is 15.9 Å². The first kappa shape index (κ1) is 12.6. The quantitative estimate of drug-likeness (QED) is 0.911. The van der Waals surface area contributed by atoms with E-state index in [1.54, 1.807) is 12.1 Å². The number of hydrogen-bond acceptors (Lipinski definition) is 1. The van der Waals surface area contributed by atoms with Gasteiger partial charge in [0.15, 0.2) is 0 Å². The van der Waals surface area contributed by atoms with Crippen LogP contribution in [-0.2, 0) is 0 Å². The second-order valence-corrected chi connectivity index (χ2v) is 6.05. The van der Waals surface area contributed by atoms with Gasteiger partial charge < -0.3 is 5.32 Å². The summed E-state index contributed by atoms with van der Waals surface area (Å²) in [5.74, 6) is -0.332. The Balaban J connectivity index is 2.01. The third-order valence-corrected chi connectivity index (χ3v) is 4.08. The van der Waals surface area contributed by atoms with Crippen molar-refractivity contribution in [3.8, 4) is 0 Å². The minimum absolute atomic E-state index is 0.0888. The van der Waals surface area contributed by atoms with Crippen LogP contribution in [0.5, 0.6) is 0 Å². The lowest BCUT2D eigenvalue weighted by Gasteiger charge is -2.08. The van der Waals surface area contributed by atoms with Crippen LogP contribution in [0.4, 0.5) is 4.39 Å². The molecule has 0 heterocycles. The Morgan fingerprint density at radius 3 is 2.76 bits per heavy atom. The van der Waals surface area contributed by atoms with Crippen molar-refractivity contribution in [3.63, 3.8) is 0 Å². The zero-order valence-corrected chi connectivity index (χ0v) is 11.5. The highest BCUT2D eigenvalue weighted by molar-refractivity contribution is 9.10. The van der Waals surface area contributed by atoms with Gasteiger partial charge in [-0.05, 0) is 45.8 Å². The Hall–Kier alpha value is -0.900. The van der Waals surface area contributed by atoms with E-state index >= 15 is 0 Å². The van der Waals surface area contributed by atoms with Crippen molar-refractivity contribution in [2.24, 2.45) is 11.3 Å². The fourth-order valence-electron chi connectivity index (χ4n) is 1.94. The van der Waals surface area contributed by atoms with Gasteiger partial charge in [-0.15, -0.1) is 0 Å². The van der Waals surface area contributed by atoms with Gasteiger partial charge in [-0.1, -0.05) is 19.9 Å². The highest BCUT2D eigenvalue weighted by Gasteiger charge is 2.45. The van der Waals surface area contributed by atoms with Crippen molar-refractivity contribution >= 4 is 21.8 Å². The Bertz CT molecular complexity index is 438. The Morgan fingerprint density at radius 1 is 1.59 bits per heavy atom. The minimum atomic E-state index is -0.494. The fraction of sp³-hybridized carbons (Fsp3) is 0.462. The van der Waals surface area contributed by atoms with Gasteiger partial charge in [-0.2, -0.15) is 0 Å².